The summed E-state index contributed by atoms with van der Waals surface area (Å²) in [6, 6.07) is 9.79. The lowest BCUT2D eigenvalue weighted by Gasteiger charge is -2.12. The van der Waals surface area contributed by atoms with Crippen LogP contribution < -0.4 is 9.47 Å². The molecular weight excluding hydrogens is 502 g/mol. The molecule has 0 bridgehead atoms. The fraction of sp³-hybridized carbons (Fsp3) is 0.217. The maximum absolute atomic E-state index is 13.5. The molecule has 0 saturated heterocycles. The summed E-state index contributed by atoms with van der Waals surface area (Å²) in [5.41, 5.74) is -0.969. The third-order valence-corrected chi connectivity index (χ3v) is 5.15. The van der Waals surface area contributed by atoms with E-state index in [-0.39, 0.29) is 23.6 Å². The van der Waals surface area contributed by atoms with E-state index in [2.05, 4.69) is 9.84 Å². The van der Waals surface area contributed by atoms with Gasteiger partial charge in [-0.2, -0.15) is 13.9 Å². The van der Waals surface area contributed by atoms with E-state index < -0.39 is 41.7 Å². The van der Waals surface area contributed by atoms with Crippen LogP contribution in [0.4, 0.5) is 26.3 Å². The number of carbonyl (C=O) groups is 1. The smallest absolute Gasteiger partial charge is 0.387 e. The van der Waals surface area contributed by atoms with E-state index in [1.807, 2.05) is 0 Å². The van der Waals surface area contributed by atoms with E-state index in [9.17, 15) is 31.1 Å². The minimum atomic E-state index is -3.15. The van der Waals surface area contributed by atoms with Crippen LogP contribution in [0, 0.1) is 0 Å². The van der Waals surface area contributed by atoms with Crippen LogP contribution in [0.5, 0.6) is 11.5 Å². The zero-order valence-electron chi connectivity index (χ0n) is 17.9. The van der Waals surface area contributed by atoms with Crippen LogP contribution in [0.3, 0.4) is 0 Å². The van der Waals surface area contributed by atoms with Crippen molar-refractivity contribution < 1.29 is 40.6 Å². The van der Waals surface area contributed by atoms with Gasteiger partial charge in [-0.3, -0.25) is 9.48 Å². The number of hydrogen-bond donors (Lipinski definition) is 0. The average Bonchev–Trinajstić information content (AvgIpc) is 3.13. The molecule has 1 aromatic heterocycles. The fourth-order valence-electron chi connectivity index (χ4n) is 3.22. The van der Waals surface area contributed by atoms with Gasteiger partial charge in [0.15, 0.2) is 5.78 Å². The van der Waals surface area contributed by atoms with Gasteiger partial charge in [-0.1, -0.05) is 35.9 Å². The van der Waals surface area contributed by atoms with Crippen LogP contribution in [0.25, 0.3) is 6.08 Å². The molecule has 0 saturated carbocycles. The fourth-order valence-corrected chi connectivity index (χ4v) is 3.52. The maximum atomic E-state index is 13.5. The number of ether oxygens (including phenoxy) is 2. The molecule has 0 unspecified atom stereocenters. The highest BCUT2D eigenvalue weighted by molar-refractivity contribution is 6.32. The second kappa shape index (κ2) is 11.3. The zero-order chi connectivity index (χ0) is 25.7. The standard InChI is InChI=1S/C23H17ClF6N2O3/c1-34-17-8-6-12(5-7-16(33)13-3-2-4-15(10-13)35-23(29)30)9-14(17)11-32-20(22(27)28)18(24)19(31-32)21(25)26/h2-10,21-23H,11H2,1H3/b7-5+. The van der Waals surface area contributed by atoms with Gasteiger partial charge in [-0.15, -0.1) is 0 Å². The van der Waals surface area contributed by atoms with Crippen molar-refractivity contribution in [3.63, 3.8) is 0 Å². The van der Waals surface area contributed by atoms with Gasteiger partial charge in [-0.05, 0) is 35.9 Å². The van der Waals surface area contributed by atoms with E-state index in [0.29, 0.717) is 15.8 Å². The van der Waals surface area contributed by atoms with Crippen LogP contribution in [0.15, 0.2) is 48.5 Å². The molecule has 0 aliphatic carbocycles. The van der Waals surface area contributed by atoms with Crippen LogP contribution in [-0.4, -0.2) is 29.3 Å². The largest absolute Gasteiger partial charge is 0.496 e. The van der Waals surface area contributed by atoms with Crippen molar-refractivity contribution in [2.45, 2.75) is 26.0 Å². The summed E-state index contributed by atoms with van der Waals surface area (Å²) >= 11 is 5.70. The van der Waals surface area contributed by atoms with Crippen LogP contribution in [0.2, 0.25) is 5.02 Å². The van der Waals surface area contributed by atoms with Crippen molar-refractivity contribution >= 4 is 23.5 Å². The zero-order valence-corrected chi connectivity index (χ0v) is 18.7. The van der Waals surface area contributed by atoms with Gasteiger partial charge in [0, 0.05) is 11.1 Å². The molecule has 3 rings (SSSR count). The summed E-state index contributed by atoms with van der Waals surface area (Å²) in [5.74, 6) is -0.430. The number of benzene rings is 2. The van der Waals surface area contributed by atoms with Crippen molar-refractivity contribution in [1.82, 2.24) is 9.78 Å². The minimum Gasteiger partial charge on any atom is -0.496 e. The number of aromatic nitrogens is 2. The van der Waals surface area contributed by atoms with E-state index in [1.165, 1.54) is 49.6 Å². The summed E-state index contributed by atoms with van der Waals surface area (Å²) in [6.07, 6.45) is -3.72. The highest BCUT2D eigenvalue weighted by atomic mass is 35.5. The Bertz CT molecular complexity index is 1230. The normalized spacial score (nSPS) is 11.7. The molecule has 0 radical (unpaired) electrons. The van der Waals surface area contributed by atoms with Crippen molar-refractivity contribution in [3.8, 4) is 11.5 Å². The summed E-state index contributed by atoms with van der Waals surface area (Å²) < 4.78 is 88.1. The van der Waals surface area contributed by atoms with Crippen LogP contribution in [0.1, 0.15) is 45.7 Å². The summed E-state index contributed by atoms with van der Waals surface area (Å²) in [4.78, 5) is 12.4. The van der Waals surface area contributed by atoms with E-state index >= 15 is 0 Å². The highest BCUT2D eigenvalue weighted by Gasteiger charge is 2.28. The molecule has 0 fully saturated rings. The van der Waals surface area contributed by atoms with Crippen molar-refractivity contribution in [3.05, 3.63) is 81.6 Å². The van der Waals surface area contributed by atoms with Gasteiger partial charge in [0.2, 0.25) is 0 Å². The number of methoxy groups -OCH3 is 1. The molecule has 3 aromatic rings. The average molecular weight is 519 g/mol. The lowest BCUT2D eigenvalue weighted by molar-refractivity contribution is -0.0498. The number of alkyl halides is 6. The van der Waals surface area contributed by atoms with Gasteiger partial charge in [0.25, 0.3) is 12.9 Å². The number of ketones is 1. The molecule has 0 aliphatic rings. The second-order valence-electron chi connectivity index (χ2n) is 7.02. The minimum absolute atomic E-state index is 0.0976. The Morgan fingerprint density at radius 1 is 1.09 bits per heavy atom. The Kier molecular flexibility index (Phi) is 8.44. The molecule has 0 amide bonds. The molecule has 1 heterocycles. The highest BCUT2D eigenvalue weighted by Crippen LogP contribution is 2.35. The van der Waals surface area contributed by atoms with E-state index in [0.717, 1.165) is 6.07 Å². The lowest BCUT2D eigenvalue weighted by Crippen LogP contribution is -2.08. The molecule has 2 aromatic carbocycles. The Balaban J connectivity index is 1.88. The number of allylic oxidation sites excluding steroid dienone is 1. The van der Waals surface area contributed by atoms with Crippen LogP contribution >= 0.6 is 11.6 Å². The number of carbonyl (C=O) groups excluding carboxylic acids is 1. The Labute approximate surface area is 200 Å². The van der Waals surface area contributed by atoms with Gasteiger partial charge >= 0.3 is 6.61 Å². The van der Waals surface area contributed by atoms with Gasteiger partial charge in [-0.25, -0.2) is 17.6 Å². The van der Waals surface area contributed by atoms with Crippen LogP contribution in [-0.2, 0) is 6.54 Å². The SMILES string of the molecule is COc1ccc(/C=C/C(=O)c2cccc(OC(F)F)c2)cc1Cn1nc(C(F)F)c(Cl)c1C(F)F. The van der Waals surface area contributed by atoms with Gasteiger partial charge < -0.3 is 9.47 Å². The first kappa shape index (κ1) is 26.1. The molecule has 35 heavy (non-hydrogen) atoms. The predicted molar refractivity (Wildman–Crippen MR) is 116 cm³/mol. The molecule has 0 N–H and O–H groups in total. The first-order chi connectivity index (χ1) is 16.6. The summed E-state index contributed by atoms with van der Waals surface area (Å²) in [6.45, 7) is -3.40. The second-order valence-corrected chi connectivity index (χ2v) is 7.40. The lowest BCUT2D eigenvalue weighted by atomic mass is 10.1. The third-order valence-electron chi connectivity index (χ3n) is 4.77. The molecule has 0 atom stereocenters. The van der Waals surface area contributed by atoms with E-state index in [1.54, 1.807) is 6.07 Å². The maximum Gasteiger partial charge on any atom is 0.387 e. The molecule has 0 aliphatic heterocycles. The summed E-state index contributed by atoms with van der Waals surface area (Å²) in [5, 5.41) is 2.72. The molecule has 186 valence electrons. The van der Waals surface area contributed by atoms with Gasteiger partial charge in [0.05, 0.1) is 18.7 Å². The Morgan fingerprint density at radius 2 is 1.83 bits per heavy atom. The number of nitrogens with zero attached hydrogens (tertiary/aromatic N) is 2. The van der Waals surface area contributed by atoms with E-state index in [4.69, 9.17) is 16.3 Å². The number of halogens is 7. The first-order valence-electron chi connectivity index (χ1n) is 9.87. The third kappa shape index (κ3) is 6.36. The molecular formula is C23H17ClF6N2O3. The van der Waals surface area contributed by atoms with Crippen molar-refractivity contribution in [2.75, 3.05) is 7.11 Å². The van der Waals surface area contributed by atoms with Crippen molar-refractivity contribution in [2.24, 2.45) is 0 Å². The van der Waals surface area contributed by atoms with Gasteiger partial charge in [0.1, 0.15) is 22.9 Å². The van der Waals surface area contributed by atoms with Crippen molar-refractivity contribution in [1.29, 1.82) is 0 Å². The topological polar surface area (TPSA) is 53.4 Å². The monoisotopic (exact) mass is 518 g/mol. The predicted octanol–water partition coefficient (Wildman–Crippen LogP) is 6.97. The molecule has 5 nitrogen and oxygen atoms in total. The number of hydrogen-bond acceptors (Lipinski definition) is 4. The summed E-state index contributed by atoms with van der Waals surface area (Å²) in [7, 11) is 1.33. The Morgan fingerprint density at radius 3 is 2.46 bits per heavy atom. The Hall–Kier alpha value is -3.47. The quantitative estimate of drug-likeness (QED) is 0.165. The molecule has 12 heteroatoms. The number of rotatable bonds is 10. The molecule has 0 spiro atoms. The first-order valence-corrected chi connectivity index (χ1v) is 10.2.